The molecule has 11 nitrogen and oxygen atoms in total. The van der Waals surface area contributed by atoms with E-state index in [9.17, 15) is 23.8 Å². The molecule has 0 fully saturated rings. The van der Waals surface area contributed by atoms with Crippen LogP contribution < -0.4 is 5.73 Å². The monoisotopic (exact) mass is 679 g/mol. The molecule has 0 aliphatic carbocycles. The van der Waals surface area contributed by atoms with E-state index in [0.717, 1.165) is 38.5 Å². The van der Waals surface area contributed by atoms with E-state index in [0.29, 0.717) is 12.8 Å². The van der Waals surface area contributed by atoms with Gasteiger partial charge in [-0.1, -0.05) is 142 Å². The number of esters is 2. The first-order chi connectivity index (χ1) is 22.1. The minimum atomic E-state index is -4.69. The number of carboxylic acid groups (broad SMARTS) is 1. The minimum absolute atomic E-state index is 0.168. The molecule has 0 rings (SSSR count). The van der Waals surface area contributed by atoms with Gasteiger partial charge in [-0.15, -0.1) is 0 Å². The van der Waals surface area contributed by atoms with Crippen molar-refractivity contribution in [3.8, 4) is 0 Å². The van der Waals surface area contributed by atoms with E-state index in [4.69, 9.17) is 24.8 Å². The van der Waals surface area contributed by atoms with E-state index in [2.05, 4.69) is 18.4 Å². The van der Waals surface area contributed by atoms with Crippen molar-refractivity contribution >= 4 is 25.7 Å². The molecule has 0 aromatic carbocycles. The summed E-state index contributed by atoms with van der Waals surface area (Å²) in [5.41, 5.74) is 5.29. The summed E-state index contributed by atoms with van der Waals surface area (Å²) in [6.07, 6.45) is 25.4. The summed E-state index contributed by atoms with van der Waals surface area (Å²) >= 11 is 0. The van der Waals surface area contributed by atoms with Crippen LogP contribution >= 0.6 is 7.82 Å². The zero-order valence-electron chi connectivity index (χ0n) is 28.9. The quantitative estimate of drug-likeness (QED) is 0.0339. The average Bonchev–Trinajstić information content (AvgIpc) is 3.02. The topological polar surface area (TPSA) is 172 Å². The SMILES string of the molecule is CCCCCCCCCCCCCCCCCCCCC(=O)OC(COC(=O)CCCCCC)COP(=O)(O)OCC(N)C(=O)O. The first kappa shape index (κ1) is 44.5. The molecule has 0 aromatic heterocycles. The smallest absolute Gasteiger partial charge is 0.472 e. The highest BCUT2D eigenvalue weighted by atomic mass is 31.2. The Hall–Kier alpha value is -1.52. The van der Waals surface area contributed by atoms with Crippen molar-refractivity contribution in [2.24, 2.45) is 5.73 Å². The second-order valence-electron chi connectivity index (χ2n) is 12.4. The van der Waals surface area contributed by atoms with E-state index in [1.165, 1.54) is 89.9 Å². The van der Waals surface area contributed by atoms with Crippen molar-refractivity contribution in [1.82, 2.24) is 0 Å². The summed E-state index contributed by atoms with van der Waals surface area (Å²) in [7, 11) is -4.69. The largest absolute Gasteiger partial charge is 0.480 e. The van der Waals surface area contributed by atoms with Crippen LogP contribution in [0.2, 0.25) is 0 Å². The molecule has 272 valence electrons. The second-order valence-corrected chi connectivity index (χ2v) is 13.8. The van der Waals surface area contributed by atoms with Crippen LogP contribution in [0.4, 0.5) is 0 Å². The van der Waals surface area contributed by atoms with Gasteiger partial charge in [-0.25, -0.2) is 4.57 Å². The number of nitrogens with two attached hydrogens (primary N) is 1. The van der Waals surface area contributed by atoms with Crippen LogP contribution in [-0.4, -0.2) is 59.9 Å². The minimum Gasteiger partial charge on any atom is -0.480 e. The Balaban J connectivity index is 4.19. The highest BCUT2D eigenvalue weighted by molar-refractivity contribution is 7.47. The maximum absolute atomic E-state index is 12.5. The average molecular weight is 680 g/mol. The van der Waals surface area contributed by atoms with Crippen molar-refractivity contribution in [3.63, 3.8) is 0 Å². The van der Waals surface area contributed by atoms with E-state index in [-0.39, 0.29) is 19.4 Å². The molecular formula is C34H66NO10P. The third-order valence-electron chi connectivity index (χ3n) is 7.86. The number of unbranched alkanes of at least 4 members (excludes halogenated alkanes) is 20. The van der Waals surface area contributed by atoms with Crippen LogP contribution in [0.25, 0.3) is 0 Å². The second kappa shape index (κ2) is 30.8. The number of rotatable bonds is 34. The predicted molar refractivity (Wildman–Crippen MR) is 180 cm³/mol. The van der Waals surface area contributed by atoms with Gasteiger partial charge >= 0.3 is 25.7 Å². The number of aliphatic carboxylic acids is 1. The van der Waals surface area contributed by atoms with Gasteiger partial charge in [0.2, 0.25) is 0 Å². The summed E-state index contributed by atoms with van der Waals surface area (Å²) in [6.45, 7) is 2.65. The zero-order chi connectivity index (χ0) is 34.3. The number of phosphoric acid groups is 1. The van der Waals surface area contributed by atoms with E-state index < -0.39 is 51.1 Å². The summed E-state index contributed by atoms with van der Waals surface area (Å²) < 4.78 is 32.2. The molecule has 0 radical (unpaired) electrons. The third-order valence-corrected chi connectivity index (χ3v) is 8.81. The Labute approximate surface area is 278 Å². The molecule has 0 aliphatic rings. The van der Waals surface area contributed by atoms with Gasteiger partial charge < -0.3 is 25.2 Å². The van der Waals surface area contributed by atoms with Gasteiger partial charge in [0.05, 0.1) is 13.2 Å². The molecule has 0 spiro atoms. The standard InChI is InChI=1S/C34H66NO10P/c1-3-5-7-9-10-11-12-13-14-15-16-17-18-19-20-21-22-24-26-33(37)45-30(27-42-32(36)25-23-8-6-4-2)28-43-46(40,41)44-29-31(35)34(38)39/h30-31H,3-29,35H2,1-2H3,(H,38,39)(H,40,41). The Bertz CT molecular complexity index is 813. The highest BCUT2D eigenvalue weighted by Gasteiger charge is 2.28. The molecular weight excluding hydrogens is 613 g/mol. The van der Waals surface area contributed by atoms with Gasteiger partial charge in [-0.3, -0.25) is 23.4 Å². The van der Waals surface area contributed by atoms with Gasteiger partial charge in [0, 0.05) is 12.8 Å². The number of carbonyl (C=O) groups is 3. The van der Waals surface area contributed by atoms with E-state index in [1.54, 1.807) is 0 Å². The Morgan fingerprint density at radius 1 is 0.587 bits per heavy atom. The van der Waals surface area contributed by atoms with Crippen LogP contribution in [0, 0.1) is 0 Å². The fourth-order valence-electron chi connectivity index (χ4n) is 4.95. The number of hydrogen-bond acceptors (Lipinski definition) is 9. The van der Waals surface area contributed by atoms with Crippen molar-refractivity contribution in [1.29, 1.82) is 0 Å². The molecule has 0 heterocycles. The van der Waals surface area contributed by atoms with Crippen LogP contribution in [0.5, 0.6) is 0 Å². The molecule has 0 bridgehead atoms. The molecule has 12 heteroatoms. The number of carboxylic acids is 1. The Morgan fingerprint density at radius 2 is 0.957 bits per heavy atom. The molecule has 0 amide bonds. The van der Waals surface area contributed by atoms with Gasteiger partial charge in [-0.2, -0.15) is 0 Å². The molecule has 4 N–H and O–H groups in total. The fourth-order valence-corrected chi connectivity index (χ4v) is 5.72. The van der Waals surface area contributed by atoms with Crippen molar-refractivity contribution < 1.29 is 47.5 Å². The lowest BCUT2D eigenvalue weighted by Crippen LogP contribution is -2.34. The van der Waals surface area contributed by atoms with Gasteiger partial charge in [-0.05, 0) is 12.8 Å². The number of hydrogen-bond donors (Lipinski definition) is 3. The Morgan fingerprint density at radius 3 is 1.39 bits per heavy atom. The molecule has 46 heavy (non-hydrogen) atoms. The lowest BCUT2D eigenvalue weighted by molar-refractivity contribution is -0.161. The summed E-state index contributed by atoms with van der Waals surface area (Å²) in [5.74, 6) is -2.39. The summed E-state index contributed by atoms with van der Waals surface area (Å²) in [6, 6.07) is -1.51. The van der Waals surface area contributed by atoms with Gasteiger partial charge in [0.25, 0.3) is 0 Å². The normalized spacial score (nSPS) is 14.0. The molecule has 0 aromatic rings. The predicted octanol–water partition coefficient (Wildman–Crippen LogP) is 8.39. The third kappa shape index (κ3) is 29.9. The number of carbonyl (C=O) groups excluding carboxylic acids is 2. The maximum atomic E-state index is 12.5. The molecule has 3 atom stereocenters. The molecule has 0 saturated heterocycles. The molecule has 0 aliphatic heterocycles. The lowest BCUT2D eigenvalue weighted by Gasteiger charge is -2.20. The van der Waals surface area contributed by atoms with Crippen LogP contribution in [0.1, 0.15) is 168 Å². The highest BCUT2D eigenvalue weighted by Crippen LogP contribution is 2.43. The number of ether oxygens (including phenoxy) is 2. The van der Waals surface area contributed by atoms with Gasteiger partial charge in [0.1, 0.15) is 12.6 Å². The van der Waals surface area contributed by atoms with Crippen LogP contribution in [0.3, 0.4) is 0 Å². The molecule has 3 unspecified atom stereocenters. The zero-order valence-corrected chi connectivity index (χ0v) is 29.8. The first-order valence-electron chi connectivity index (χ1n) is 18.1. The summed E-state index contributed by atoms with van der Waals surface area (Å²) in [4.78, 5) is 45.2. The fraction of sp³-hybridized carbons (Fsp3) is 0.912. The maximum Gasteiger partial charge on any atom is 0.472 e. The number of phosphoric ester groups is 1. The van der Waals surface area contributed by atoms with Crippen molar-refractivity contribution in [2.75, 3.05) is 19.8 Å². The lowest BCUT2D eigenvalue weighted by atomic mass is 10.0. The van der Waals surface area contributed by atoms with Crippen molar-refractivity contribution in [3.05, 3.63) is 0 Å². The Kier molecular flexibility index (Phi) is 29.8. The van der Waals surface area contributed by atoms with Crippen molar-refractivity contribution in [2.45, 2.75) is 180 Å². The van der Waals surface area contributed by atoms with E-state index in [1.807, 2.05) is 0 Å². The van der Waals surface area contributed by atoms with Gasteiger partial charge in [0.15, 0.2) is 6.10 Å². The summed E-state index contributed by atoms with van der Waals surface area (Å²) in [5, 5.41) is 8.81. The molecule has 0 saturated carbocycles. The van der Waals surface area contributed by atoms with E-state index >= 15 is 0 Å². The van der Waals surface area contributed by atoms with Crippen LogP contribution in [0.15, 0.2) is 0 Å². The first-order valence-corrected chi connectivity index (χ1v) is 19.6. The van der Waals surface area contributed by atoms with Crippen LogP contribution in [-0.2, 0) is 37.5 Å².